The van der Waals surface area contributed by atoms with E-state index in [-0.39, 0.29) is 34.4 Å². The Balaban J connectivity index is 1.68. The van der Waals surface area contributed by atoms with Gasteiger partial charge < -0.3 is 10.1 Å². The normalized spacial score (nSPS) is 17.4. The van der Waals surface area contributed by atoms with E-state index in [2.05, 4.69) is 5.32 Å². The molecule has 0 saturated carbocycles. The molecule has 1 atom stereocenters. The molecule has 1 aliphatic rings. The maximum Gasteiger partial charge on any atom is 0.244 e. The summed E-state index contributed by atoms with van der Waals surface area (Å²) in [7, 11) is -6.60. The van der Waals surface area contributed by atoms with Gasteiger partial charge in [0, 0.05) is 25.3 Å². The number of nitrogens with one attached hydrogen (secondary N) is 1. The zero-order valence-corrected chi connectivity index (χ0v) is 21.6. The predicted octanol–water partition coefficient (Wildman–Crippen LogP) is 3.05. The average Bonchev–Trinajstić information content (AvgIpc) is 2.89. The van der Waals surface area contributed by atoms with Crippen LogP contribution in [0, 0.1) is 0 Å². The Bertz CT molecular complexity index is 1450. The molecule has 3 aromatic rings. The molecule has 0 spiro atoms. The smallest absolute Gasteiger partial charge is 0.244 e. The molecule has 0 aromatic heterocycles. The van der Waals surface area contributed by atoms with Crippen LogP contribution < -0.4 is 10.1 Å². The second-order valence-corrected chi connectivity index (χ2v) is 12.2. The van der Waals surface area contributed by atoms with Crippen molar-refractivity contribution in [2.75, 3.05) is 32.1 Å². The molecular weight excluding hydrogens is 526 g/mol. The van der Waals surface area contributed by atoms with Crippen molar-refractivity contribution in [2.45, 2.75) is 15.8 Å². The number of sulfonamides is 2. The van der Waals surface area contributed by atoms with Gasteiger partial charge in [-0.25, -0.2) is 16.8 Å². The largest absolute Gasteiger partial charge is 0.495 e. The second-order valence-electron chi connectivity index (χ2n) is 7.96. The fourth-order valence-electron chi connectivity index (χ4n) is 3.90. The minimum absolute atomic E-state index is 0.00894. The lowest BCUT2D eigenvalue weighted by molar-refractivity contribution is -0.120. The zero-order chi connectivity index (χ0) is 25.9. The lowest BCUT2D eigenvalue weighted by atomic mass is 10.2. The summed E-state index contributed by atoms with van der Waals surface area (Å²) >= 11 is 6.16. The van der Waals surface area contributed by atoms with E-state index in [0.29, 0.717) is 11.4 Å². The first-order chi connectivity index (χ1) is 17.1. The molecule has 0 bridgehead atoms. The molecule has 190 valence electrons. The van der Waals surface area contributed by atoms with Gasteiger partial charge in [-0.1, -0.05) is 48.0 Å². The van der Waals surface area contributed by atoms with Crippen LogP contribution in [0.25, 0.3) is 0 Å². The van der Waals surface area contributed by atoms with Crippen LogP contribution in [0.4, 0.5) is 5.69 Å². The van der Waals surface area contributed by atoms with Crippen LogP contribution >= 0.6 is 11.6 Å². The van der Waals surface area contributed by atoms with Crippen molar-refractivity contribution in [2.24, 2.45) is 0 Å². The highest BCUT2D eigenvalue weighted by Crippen LogP contribution is 2.29. The fourth-order valence-corrected chi connectivity index (χ4v) is 7.21. The number of hydrogen-bond acceptors (Lipinski definition) is 6. The molecular formula is C24H24ClN3O6S2. The van der Waals surface area contributed by atoms with Crippen LogP contribution in [-0.2, 0) is 24.8 Å². The summed E-state index contributed by atoms with van der Waals surface area (Å²) in [6.45, 7) is -0.675. The van der Waals surface area contributed by atoms with Crippen molar-refractivity contribution < 1.29 is 26.4 Å². The summed E-state index contributed by atoms with van der Waals surface area (Å²) in [6, 6.07) is 18.8. The van der Waals surface area contributed by atoms with Crippen molar-refractivity contribution in [3.8, 4) is 5.75 Å². The highest BCUT2D eigenvalue weighted by atomic mass is 35.5. The molecule has 36 heavy (non-hydrogen) atoms. The Hall–Kier alpha value is -2.96. The van der Waals surface area contributed by atoms with Gasteiger partial charge in [0.05, 0.1) is 21.9 Å². The average molecular weight is 550 g/mol. The monoisotopic (exact) mass is 549 g/mol. The maximum absolute atomic E-state index is 13.5. The minimum Gasteiger partial charge on any atom is -0.495 e. The number of ether oxygens (including phenoxy) is 1. The Labute approximate surface area is 215 Å². The van der Waals surface area contributed by atoms with Gasteiger partial charge in [-0.3, -0.25) is 4.79 Å². The number of carbonyl (C=O) groups is 1. The molecule has 4 rings (SSSR count). The van der Waals surface area contributed by atoms with E-state index in [1.54, 1.807) is 48.5 Å². The van der Waals surface area contributed by atoms with Gasteiger partial charge in [0.25, 0.3) is 0 Å². The predicted molar refractivity (Wildman–Crippen MR) is 136 cm³/mol. The van der Waals surface area contributed by atoms with Crippen LogP contribution in [-0.4, -0.2) is 64.1 Å². The zero-order valence-electron chi connectivity index (χ0n) is 19.2. The van der Waals surface area contributed by atoms with Crippen molar-refractivity contribution in [1.82, 2.24) is 8.61 Å². The third-order valence-corrected chi connectivity index (χ3v) is 9.84. The highest BCUT2D eigenvalue weighted by Gasteiger charge is 2.43. The summed E-state index contributed by atoms with van der Waals surface area (Å²) in [5.74, 6) is -0.288. The summed E-state index contributed by atoms with van der Waals surface area (Å²) in [5.41, 5.74) is 0.311. The lowest BCUT2D eigenvalue weighted by Gasteiger charge is -2.38. The van der Waals surface area contributed by atoms with Gasteiger partial charge >= 0.3 is 0 Å². The molecule has 1 N–H and O–H groups in total. The van der Waals surface area contributed by atoms with Crippen LogP contribution in [0.15, 0.2) is 88.7 Å². The van der Waals surface area contributed by atoms with Gasteiger partial charge in [-0.15, -0.1) is 0 Å². The van der Waals surface area contributed by atoms with Crippen LogP contribution in [0.5, 0.6) is 5.75 Å². The Morgan fingerprint density at radius 1 is 0.889 bits per heavy atom. The first-order valence-corrected chi connectivity index (χ1v) is 14.2. The molecule has 0 aliphatic carbocycles. The number of anilines is 1. The topological polar surface area (TPSA) is 113 Å². The van der Waals surface area contributed by atoms with E-state index in [1.807, 2.05) is 0 Å². The molecule has 1 aliphatic heterocycles. The number of piperazine rings is 1. The van der Waals surface area contributed by atoms with Gasteiger partial charge in [-0.2, -0.15) is 8.61 Å². The minimum atomic E-state index is -4.10. The van der Waals surface area contributed by atoms with Gasteiger partial charge in [0.2, 0.25) is 26.0 Å². The molecule has 1 amide bonds. The second kappa shape index (κ2) is 10.6. The summed E-state index contributed by atoms with van der Waals surface area (Å²) in [6.07, 6.45) is 0. The van der Waals surface area contributed by atoms with Gasteiger partial charge in [-0.05, 0) is 42.5 Å². The molecule has 0 unspecified atom stereocenters. The number of carbonyl (C=O) groups excluding carboxylic acids is 1. The Morgan fingerprint density at radius 2 is 1.47 bits per heavy atom. The number of hydrogen-bond donors (Lipinski definition) is 1. The number of halogens is 1. The molecule has 1 heterocycles. The van der Waals surface area contributed by atoms with E-state index in [4.69, 9.17) is 16.3 Å². The van der Waals surface area contributed by atoms with Crippen molar-refractivity contribution in [3.63, 3.8) is 0 Å². The summed E-state index contributed by atoms with van der Waals surface area (Å²) in [5, 5.41) is 2.91. The van der Waals surface area contributed by atoms with Gasteiger partial charge in [0.1, 0.15) is 11.8 Å². The quantitative estimate of drug-likeness (QED) is 0.484. The molecule has 0 radical (unpaired) electrons. The summed E-state index contributed by atoms with van der Waals surface area (Å²) in [4.78, 5) is 13.5. The van der Waals surface area contributed by atoms with E-state index in [1.165, 1.54) is 37.4 Å². The van der Waals surface area contributed by atoms with Gasteiger partial charge in [0.15, 0.2) is 0 Å². The van der Waals surface area contributed by atoms with Crippen LogP contribution in [0.2, 0.25) is 5.02 Å². The van der Waals surface area contributed by atoms with Crippen molar-refractivity contribution in [3.05, 3.63) is 83.9 Å². The van der Waals surface area contributed by atoms with E-state index in [0.717, 1.165) is 8.61 Å². The molecule has 1 fully saturated rings. The number of rotatable bonds is 7. The third kappa shape index (κ3) is 5.25. The number of amides is 1. The molecule has 3 aromatic carbocycles. The standard InChI is InChI=1S/C24H24ClN3O6S2/c1-34-23-13-12-18(16-21(23)25)26-24(29)22-17-27(35(30,31)19-8-4-2-5-9-19)14-15-28(22)36(32,33)20-10-6-3-7-11-20/h2-13,16,22H,14-15,17H2,1H3,(H,26,29)/t22-/m1/s1. The van der Waals surface area contributed by atoms with E-state index < -0.39 is 32.0 Å². The Kier molecular flexibility index (Phi) is 7.67. The third-order valence-electron chi connectivity index (χ3n) is 5.75. The molecule has 1 saturated heterocycles. The van der Waals surface area contributed by atoms with Crippen molar-refractivity contribution >= 4 is 43.2 Å². The SMILES string of the molecule is COc1ccc(NC(=O)[C@H]2CN(S(=O)(=O)c3ccccc3)CCN2S(=O)(=O)c2ccccc2)cc1Cl. The van der Waals surface area contributed by atoms with E-state index in [9.17, 15) is 21.6 Å². The Morgan fingerprint density at radius 3 is 2.03 bits per heavy atom. The number of methoxy groups -OCH3 is 1. The highest BCUT2D eigenvalue weighted by molar-refractivity contribution is 7.89. The first-order valence-electron chi connectivity index (χ1n) is 10.9. The maximum atomic E-state index is 13.5. The molecule has 12 heteroatoms. The van der Waals surface area contributed by atoms with Crippen molar-refractivity contribution in [1.29, 1.82) is 0 Å². The molecule has 9 nitrogen and oxygen atoms in total. The van der Waals surface area contributed by atoms with Crippen LogP contribution in [0.1, 0.15) is 0 Å². The number of benzene rings is 3. The lowest BCUT2D eigenvalue weighted by Crippen LogP contribution is -2.60. The fraction of sp³-hybridized carbons (Fsp3) is 0.208. The summed E-state index contributed by atoms with van der Waals surface area (Å²) < 4.78 is 60.7. The first kappa shape index (κ1) is 26.1. The van der Waals surface area contributed by atoms with E-state index >= 15 is 0 Å². The van der Waals surface area contributed by atoms with Crippen LogP contribution in [0.3, 0.4) is 0 Å². The number of nitrogens with zero attached hydrogens (tertiary/aromatic N) is 2.